The van der Waals surface area contributed by atoms with Crippen molar-refractivity contribution in [2.45, 2.75) is 25.7 Å². The third kappa shape index (κ3) is 3.27. The Morgan fingerprint density at radius 2 is 2.00 bits per heavy atom. The number of piperidine rings is 1. The molecule has 1 spiro atoms. The molecule has 2 aliphatic heterocycles. The van der Waals surface area contributed by atoms with Crippen molar-refractivity contribution in [2.24, 2.45) is 17.3 Å². The fraction of sp³-hybridized carbons (Fsp3) is 0.812. The minimum Gasteiger partial charge on any atom is -0.384 e. The van der Waals surface area contributed by atoms with Gasteiger partial charge in [-0.3, -0.25) is 4.79 Å². The van der Waals surface area contributed by atoms with Gasteiger partial charge >= 0.3 is 0 Å². The van der Waals surface area contributed by atoms with Gasteiger partial charge in [0.15, 0.2) is 0 Å². The molecule has 120 valence electrons. The van der Waals surface area contributed by atoms with Crippen LogP contribution < -0.4 is 5.32 Å². The summed E-state index contributed by atoms with van der Waals surface area (Å²) in [6.07, 6.45) is 8.50. The number of allylic oxidation sites excluding steroid dienone is 2. The summed E-state index contributed by atoms with van der Waals surface area (Å²) in [4.78, 5) is 14.8. The zero-order chi connectivity index (χ0) is 14.0. The zero-order valence-electron chi connectivity index (χ0n) is 12.8. The van der Waals surface area contributed by atoms with Crippen LogP contribution in [0.1, 0.15) is 25.7 Å². The van der Waals surface area contributed by atoms with E-state index < -0.39 is 0 Å². The van der Waals surface area contributed by atoms with E-state index in [-0.39, 0.29) is 18.3 Å². The second-order valence-corrected chi connectivity index (χ2v) is 6.62. The van der Waals surface area contributed by atoms with Crippen LogP contribution in [0.2, 0.25) is 0 Å². The molecule has 2 fully saturated rings. The highest BCUT2D eigenvalue weighted by Crippen LogP contribution is 2.44. The molecule has 2 heterocycles. The highest BCUT2D eigenvalue weighted by atomic mass is 35.5. The lowest BCUT2D eigenvalue weighted by atomic mass is 9.71. The number of nitrogens with zero attached hydrogens (tertiary/aromatic N) is 1. The molecule has 0 aromatic heterocycles. The molecule has 1 atom stereocenters. The number of methoxy groups -OCH3 is 1. The molecule has 1 aliphatic carbocycles. The minimum atomic E-state index is 0. The van der Waals surface area contributed by atoms with Crippen molar-refractivity contribution in [1.82, 2.24) is 10.2 Å². The Hall–Kier alpha value is -0.580. The number of nitrogens with one attached hydrogen (secondary N) is 1. The van der Waals surface area contributed by atoms with Gasteiger partial charge in [0, 0.05) is 32.0 Å². The second kappa shape index (κ2) is 7.12. The van der Waals surface area contributed by atoms with Gasteiger partial charge in [0.1, 0.15) is 0 Å². The number of likely N-dealkylation sites (tertiary alicyclic amines) is 1. The third-order valence-electron chi connectivity index (χ3n) is 5.45. The van der Waals surface area contributed by atoms with Gasteiger partial charge in [-0.15, -0.1) is 12.4 Å². The van der Waals surface area contributed by atoms with Crippen LogP contribution >= 0.6 is 12.4 Å². The minimum absolute atomic E-state index is 0. The lowest BCUT2D eigenvalue weighted by molar-refractivity contribution is -0.134. The summed E-state index contributed by atoms with van der Waals surface area (Å²) in [5.74, 6) is 1.08. The Labute approximate surface area is 133 Å². The summed E-state index contributed by atoms with van der Waals surface area (Å²) >= 11 is 0. The van der Waals surface area contributed by atoms with Crippen LogP contribution in [0.25, 0.3) is 0 Å². The van der Waals surface area contributed by atoms with Gasteiger partial charge in [0.2, 0.25) is 5.91 Å². The van der Waals surface area contributed by atoms with Gasteiger partial charge in [-0.05, 0) is 44.2 Å². The number of ether oxygens (including phenoxy) is 1. The molecule has 0 aromatic rings. The first-order valence-corrected chi connectivity index (χ1v) is 7.89. The quantitative estimate of drug-likeness (QED) is 0.808. The van der Waals surface area contributed by atoms with Gasteiger partial charge in [-0.2, -0.15) is 0 Å². The van der Waals surface area contributed by atoms with Gasteiger partial charge in [0.05, 0.1) is 6.61 Å². The van der Waals surface area contributed by atoms with E-state index in [4.69, 9.17) is 4.74 Å². The summed E-state index contributed by atoms with van der Waals surface area (Å²) in [6.45, 7) is 4.77. The van der Waals surface area contributed by atoms with Crippen LogP contribution in [0.4, 0.5) is 0 Å². The first-order chi connectivity index (χ1) is 9.75. The van der Waals surface area contributed by atoms with Crippen LogP contribution in [-0.4, -0.2) is 50.7 Å². The van der Waals surface area contributed by atoms with E-state index in [2.05, 4.69) is 22.4 Å². The molecule has 4 nitrogen and oxygen atoms in total. The van der Waals surface area contributed by atoms with Crippen molar-refractivity contribution in [3.63, 3.8) is 0 Å². The van der Waals surface area contributed by atoms with Gasteiger partial charge in [-0.1, -0.05) is 12.2 Å². The first kappa shape index (κ1) is 16.8. The molecule has 1 unspecified atom stereocenters. The van der Waals surface area contributed by atoms with E-state index in [0.29, 0.717) is 17.2 Å². The van der Waals surface area contributed by atoms with Crippen molar-refractivity contribution in [3.05, 3.63) is 12.2 Å². The topological polar surface area (TPSA) is 41.6 Å². The van der Waals surface area contributed by atoms with Gasteiger partial charge in [-0.25, -0.2) is 0 Å². The average Bonchev–Trinajstić information content (AvgIpc) is 3.09. The maximum Gasteiger partial charge on any atom is 0.226 e. The highest BCUT2D eigenvalue weighted by molar-refractivity contribution is 5.85. The zero-order valence-corrected chi connectivity index (χ0v) is 13.7. The second-order valence-electron chi connectivity index (χ2n) is 6.62. The molecule has 3 rings (SSSR count). The first-order valence-electron chi connectivity index (χ1n) is 7.89. The van der Waals surface area contributed by atoms with Crippen molar-refractivity contribution in [1.29, 1.82) is 0 Å². The summed E-state index contributed by atoms with van der Waals surface area (Å²) in [5, 5.41) is 3.44. The number of halogens is 1. The van der Waals surface area contributed by atoms with E-state index >= 15 is 0 Å². The molecule has 3 aliphatic rings. The Morgan fingerprint density at radius 3 is 2.62 bits per heavy atom. The number of hydrogen-bond donors (Lipinski definition) is 1. The van der Waals surface area contributed by atoms with Crippen molar-refractivity contribution >= 4 is 18.3 Å². The van der Waals surface area contributed by atoms with Gasteiger partial charge in [0.25, 0.3) is 0 Å². The number of carbonyl (C=O) groups excluding carboxylic acids is 1. The summed E-state index contributed by atoms with van der Waals surface area (Å²) < 4.78 is 5.44. The molecule has 1 N–H and O–H groups in total. The third-order valence-corrected chi connectivity index (χ3v) is 5.45. The maximum atomic E-state index is 12.7. The molecule has 2 saturated heterocycles. The average molecular weight is 315 g/mol. The van der Waals surface area contributed by atoms with E-state index in [1.165, 1.54) is 12.8 Å². The standard InChI is InChI=1S/C16H26N2O2.ClH/c1-20-11-14-10-18(15(19)13-4-2-3-5-13)12-16(14)6-8-17-9-7-16;/h2-3,13-14,17H,4-12H2,1H3;1H. The fourth-order valence-electron chi connectivity index (χ4n) is 4.20. The smallest absolute Gasteiger partial charge is 0.226 e. The highest BCUT2D eigenvalue weighted by Gasteiger charge is 2.48. The number of amides is 1. The lowest BCUT2D eigenvalue weighted by Crippen LogP contribution is -2.43. The van der Waals surface area contributed by atoms with E-state index in [1.54, 1.807) is 7.11 Å². The molecule has 1 amide bonds. The van der Waals surface area contributed by atoms with Crippen LogP contribution in [0, 0.1) is 17.3 Å². The molecular formula is C16H27ClN2O2. The van der Waals surface area contributed by atoms with Crippen LogP contribution in [0.3, 0.4) is 0 Å². The van der Waals surface area contributed by atoms with E-state index in [9.17, 15) is 4.79 Å². The summed E-state index contributed by atoms with van der Waals surface area (Å²) in [7, 11) is 1.78. The van der Waals surface area contributed by atoms with Crippen molar-refractivity contribution in [3.8, 4) is 0 Å². The Morgan fingerprint density at radius 1 is 1.33 bits per heavy atom. The monoisotopic (exact) mass is 314 g/mol. The predicted octanol–water partition coefficient (Wildman–Crippen LogP) is 1.85. The fourth-order valence-corrected chi connectivity index (χ4v) is 4.20. The Kier molecular flexibility index (Phi) is 5.69. The molecule has 21 heavy (non-hydrogen) atoms. The largest absolute Gasteiger partial charge is 0.384 e. The summed E-state index contributed by atoms with van der Waals surface area (Å²) in [5.41, 5.74) is 0.295. The molecule has 0 saturated carbocycles. The van der Waals surface area contributed by atoms with Crippen molar-refractivity contribution < 1.29 is 9.53 Å². The van der Waals surface area contributed by atoms with Crippen molar-refractivity contribution in [2.75, 3.05) is 39.9 Å². The number of rotatable bonds is 3. The maximum absolute atomic E-state index is 12.7. The Bertz CT molecular complexity index is 386. The molecule has 0 bridgehead atoms. The van der Waals surface area contributed by atoms with Crippen LogP contribution in [-0.2, 0) is 9.53 Å². The van der Waals surface area contributed by atoms with E-state index in [0.717, 1.165) is 45.6 Å². The predicted molar refractivity (Wildman–Crippen MR) is 85.6 cm³/mol. The molecular weight excluding hydrogens is 288 g/mol. The molecule has 0 aromatic carbocycles. The van der Waals surface area contributed by atoms with E-state index in [1.807, 2.05) is 0 Å². The lowest BCUT2D eigenvalue weighted by Gasteiger charge is -2.38. The normalized spacial score (nSPS) is 28.0. The summed E-state index contributed by atoms with van der Waals surface area (Å²) in [6, 6.07) is 0. The van der Waals surface area contributed by atoms with Crippen LogP contribution in [0.15, 0.2) is 12.2 Å². The number of hydrogen-bond acceptors (Lipinski definition) is 3. The molecule has 5 heteroatoms. The Balaban J connectivity index is 0.00000161. The SMILES string of the molecule is COCC1CN(C(=O)C2CC=CC2)CC12CCNCC2.Cl. The van der Waals surface area contributed by atoms with Crippen LogP contribution in [0.5, 0.6) is 0 Å². The molecule has 0 radical (unpaired) electrons. The number of carbonyl (C=O) groups is 1. The van der Waals surface area contributed by atoms with Gasteiger partial charge < -0.3 is 15.0 Å².